The number of carbonyl (C=O) groups is 1. The van der Waals surface area contributed by atoms with Crippen molar-refractivity contribution < 1.29 is 9.18 Å². The van der Waals surface area contributed by atoms with Gasteiger partial charge in [-0.1, -0.05) is 12.1 Å². The van der Waals surface area contributed by atoms with E-state index in [1.165, 1.54) is 13.0 Å². The second kappa shape index (κ2) is 6.72. The zero-order valence-corrected chi connectivity index (χ0v) is 13.4. The lowest BCUT2D eigenvalue weighted by molar-refractivity contribution is -0.114. The van der Waals surface area contributed by atoms with Crippen molar-refractivity contribution in [3.8, 4) is 0 Å². The summed E-state index contributed by atoms with van der Waals surface area (Å²) in [5.74, 6) is -0.393. The summed E-state index contributed by atoms with van der Waals surface area (Å²) in [5.41, 5.74) is 2.61. The van der Waals surface area contributed by atoms with Gasteiger partial charge in [-0.3, -0.25) is 4.79 Å². The number of hydrogen-bond acceptors (Lipinski definition) is 2. The third-order valence-electron chi connectivity index (χ3n) is 3.01. The number of amides is 1. The molecule has 0 saturated carbocycles. The van der Waals surface area contributed by atoms with Crippen molar-refractivity contribution in [2.24, 2.45) is 0 Å². The van der Waals surface area contributed by atoms with Crippen molar-refractivity contribution in [2.75, 3.05) is 10.6 Å². The minimum atomic E-state index is -0.291. The SMILES string of the molecule is CC(=O)Nc1cccc(C(C)Nc2ccc(F)c(Br)c2)c1. The third-order valence-corrected chi connectivity index (χ3v) is 3.62. The van der Waals surface area contributed by atoms with Crippen LogP contribution in [0.2, 0.25) is 0 Å². The van der Waals surface area contributed by atoms with E-state index in [-0.39, 0.29) is 17.8 Å². The van der Waals surface area contributed by atoms with E-state index < -0.39 is 0 Å². The van der Waals surface area contributed by atoms with Gasteiger partial charge in [0.05, 0.1) is 4.47 Å². The molecular formula is C16H16BrFN2O. The summed E-state index contributed by atoms with van der Waals surface area (Å²) in [6, 6.07) is 12.4. The number of halogens is 2. The molecule has 5 heteroatoms. The van der Waals surface area contributed by atoms with Gasteiger partial charge in [-0.25, -0.2) is 4.39 Å². The first-order valence-corrected chi connectivity index (χ1v) is 7.34. The van der Waals surface area contributed by atoms with Crippen LogP contribution in [-0.2, 0) is 4.79 Å². The molecule has 0 heterocycles. The molecule has 0 radical (unpaired) electrons. The quantitative estimate of drug-likeness (QED) is 0.837. The molecule has 21 heavy (non-hydrogen) atoms. The number of anilines is 2. The van der Waals surface area contributed by atoms with E-state index in [2.05, 4.69) is 26.6 Å². The number of nitrogens with one attached hydrogen (secondary N) is 2. The zero-order valence-electron chi connectivity index (χ0n) is 11.8. The van der Waals surface area contributed by atoms with Crippen LogP contribution in [0.5, 0.6) is 0 Å². The van der Waals surface area contributed by atoms with Gasteiger partial charge in [0, 0.05) is 24.3 Å². The fourth-order valence-electron chi connectivity index (χ4n) is 2.01. The zero-order chi connectivity index (χ0) is 15.4. The molecule has 1 amide bonds. The Hall–Kier alpha value is -1.88. The Bertz CT molecular complexity index is 660. The van der Waals surface area contributed by atoms with Gasteiger partial charge in [0.2, 0.25) is 5.91 Å². The van der Waals surface area contributed by atoms with Gasteiger partial charge in [-0.2, -0.15) is 0 Å². The average molecular weight is 351 g/mol. The predicted molar refractivity (Wildman–Crippen MR) is 86.9 cm³/mol. The summed E-state index contributed by atoms with van der Waals surface area (Å²) in [6.45, 7) is 3.48. The number of rotatable bonds is 4. The Morgan fingerprint density at radius 3 is 2.62 bits per heavy atom. The third kappa shape index (κ3) is 4.29. The number of benzene rings is 2. The molecular weight excluding hydrogens is 335 g/mol. The molecule has 0 aliphatic carbocycles. The van der Waals surface area contributed by atoms with Crippen molar-refractivity contribution in [3.05, 3.63) is 58.3 Å². The largest absolute Gasteiger partial charge is 0.378 e. The molecule has 1 unspecified atom stereocenters. The van der Waals surface area contributed by atoms with E-state index in [1.54, 1.807) is 12.1 Å². The molecule has 0 bridgehead atoms. The summed E-state index contributed by atoms with van der Waals surface area (Å²) >= 11 is 3.17. The minimum Gasteiger partial charge on any atom is -0.378 e. The Labute approximate surface area is 131 Å². The second-order valence-corrected chi connectivity index (χ2v) is 5.66. The second-order valence-electron chi connectivity index (χ2n) is 4.80. The molecule has 1 atom stereocenters. The lowest BCUT2D eigenvalue weighted by atomic mass is 10.1. The molecule has 3 nitrogen and oxygen atoms in total. The topological polar surface area (TPSA) is 41.1 Å². The molecule has 2 aromatic rings. The van der Waals surface area contributed by atoms with Gasteiger partial charge in [-0.05, 0) is 58.7 Å². The minimum absolute atomic E-state index is 0.0241. The molecule has 0 fully saturated rings. The van der Waals surface area contributed by atoms with Crippen molar-refractivity contribution >= 4 is 33.2 Å². The van der Waals surface area contributed by atoms with Crippen LogP contribution in [-0.4, -0.2) is 5.91 Å². The smallest absolute Gasteiger partial charge is 0.221 e. The van der Waals surface area contributed by atoms with Crippen LogP contribution < -0.4 is 10.6 Å². The Balaban J connectivity index is 2.14. The van der Waals surface area contributed by atoms with Crippen LogP contribution in [0.25, 0.3) is 0 Å². The maximum atomic E-state index is 13.2. The van der Waals surface area contributed by atoms with Crippen LogP contribution in [0.1, 0.15) is 25.5 Å². The summed E-state index contributed by atoms with van der Waals surface area (Å²) in [6.07, 6.45) is 0. The Morgan fingerprint density at radius 2 is 1.95 bits per heavy atom. The van der Waals surface area contributed by atoms with E-state index in [1.807, 2.05) is 31.2 Å². The summed E-state index contributed by atoms with van der Waals surface area (Å²) in [4.78, 5) is 11.1. The van der Waals surface area contributed by atoms with E-state index in [0.29, 0.717) is 4.47 Å². The van der Waals surface area contributed by atoms with Gasteiger partial charge in [-0.15, -0.1) is 0 Å². The summed E-state index contributed by atoms with van der Waals surface area (Å²) in [5, 5.41) is 6.05. The lowest BCUT2D eigenvalue weighted by Gasteiger charge is -2.17. The lowest BCUT2D eigenvalue weighted by Crippen LogP contribution is -2.09. The van der Waals surface area contributed by atoms with E-state index in [4.69, 9.17) is 0 Å². The first kappa shape index (κ1) is 15.5. The first-order chi connectivity index (χ1) is 9.95. The van der Waals surface area contributed by atoms with E-state index >= 15 is 0 Å². The molecule has 2 N–H and O–H groups in total. The van der Waals surface area contributed by atoms with Gasteiger partial charge in [0.1, 0.15) is 5.82 Å². The standard InChI is InChI=1S/C16H16BrFN2O/c1-10(19-14-6-7-16(18)15(17)9-14)12-4-3-5-13(8-12)20-11(2)21/h3-10,19H,1-2H3,(H,20,21). The highest BCUT2D eigenvalue weighted by molar-refractivity contribution is 9.10. The Morgan fingerprint density at radius 1 is 1.19 bits per heavy atom. The maximum absolute atomic E-state index is 13.2. The van der Waals surface area contributed by atoms with Crippen molar-refractivity contribution in [3.63, 3.8) is 0 Å². The highest BCUT2D eigenvalue weighted by Crippen LogP contribution is 2.25. The fraction of sp³-hybridized carbons (Fsp3) is 0.188. The van der Waals surface area contributed by atoms with Crippen LogP contribution in [0, 0.1) is 5.82 Å². The highest BCUT2D eigenvalue weighted by atomic mass is 79.9. The summed E-state index contributed by atoms with van der Waals surface area (Å²) in [7, 11) is 0. The first-order valence-electron chi connectivity index (χ1n) is 6.55. The number of carbonyl (C=O) groups excluding carboxylic acids is 1. The fourth-order valence-corrected chi connectivity index (χ4v) is 2.39. The molecule has 2 rings (SSSR count). The normalized spacial score (nSPS) is 11.8. The van der Waals surface area contributed by atoms with Crippen LogP contribution in [0.3, 0.4) is 0 Å². The molecule has 0 spiro atoms. The predicted octanol–water partition coefficient (Wildman–Crippen LogP) is 4.72. The van der Waals surface area contributed by atoms with E-state index in [0.717, 1.165) is 16.9 Å². The van der Waals surface area contributed by atoms with Gasteiger partial charge in [0.15, 0.2) is 0 Å². The van der Waals surface area contributed by atoms with Crippen molar-refractivity contribution in [1.82, 2.24) is 0 Å². The van der Waals surface area contributed by atoms with Crippen molar-refractivity contribution in [1.29, 1.82) is 0 Å². The van der Waals surface area contributed by atoms with Gasteiger partial charge < -0.3 is 10.6 Å². The Kier molecular flexibility index (Phi) is 4.96. The maximum Gasteiger partial charge on any atom is 0.221 e. The van der Waals surface area contributed by atoms with Crippen LogP contribution >= 0.6 is 15.9 Å². The van der Waals surface area contributed by atoms with Crippen LogP contribution in [0.15, 0.2) is 46.9 Å². The van der Waals surface area contributed by atoms with Gasteiger partial charge >= 0.3 is 0 Å². The van der Waals surface area contributed by atoms with E-state index in [9.17, 15) is 9.18 Å². The molecule has 0 saturated heterocycles. The van der Waals surface area contributed by atoms with Crippen molar-refractivity contribution in [2.45, 2.75) is 19.9 Å². The molecule has 0 aliphatic rings. The molecule has 0 aliphatic heterocycles. The molecule has 110 valence electrons. The highest BCUT2D eigenvalue weighted by Gasteiger charge is 2.08. The molecule has 0 aromatic heterocycles. The monoisotopic (exact) mass is 350 g/mol. The van der Waals surface area contributed by atoms with Gasteiger partial charge in [0.25, 0.3) is 0 Å². The number of hydrogen-bond donors (Lipinski definition) is 2. The van der Waals surface area contributed by atoms with Crippen LogP contribution in [0.4, 0.5) is 15.8 Å². The average Bonchev–Trinajstić information content (AvgIpc) is 2.42. The summed E-state index contributed by atoms with van der Waals surface area (Å²) < 4.78 is 13.6. The molecule has 2 aromatic carbocycles.